The summed E-state index contributed by atoms with van der Waals surface area (Å²) in [4.78, 5) is 27.8. The first-order valence-electron chi connectivity index (χ1n) is 3.36. The maximum Gasteiger partial charge on any atom is 0.425 e. The summed E-state index contributed by atoms with van der Waals surface area (Å²) in [5, 5.41) is 0. The molecule has 1 aromatic heterocycles. The van der Waals surface area contributed by atoms with Crippen molar-refractivity contribution in [3.63, 3.8) is 0 Å². The number of amides is 2. The third-order valence-corrected chi connectivity index (χ3v) is 1.21. The number of H-pyrrole nitrogens is 1. The number of hydrazine groups is 1. The molecule has 0 spiro atoms. The number of hydrogen-bond donors (Lipinski definition) is 3. The standard InChI is InChI=1S/C6H8N4O3/c1-13-6(12)10-9-5(11)4-2-7-3-8-4/h2-3H,1H3,(H,7,8)(H,9,11)(H,10,12). The van der Waals surface area contributed by atoms with Crippen LogP contribution >= 0.6 is 0 Å². The second-order valence-corrected chi connectivity index (χ2v) is 2.04. The topological polar surface area (TPSA) is 96.1 Å². The molecule has 13 heavy (non-hydrogen) atoms. The van der Waals surface area contributed by atoms with Crippen LogP contribution in [0.5, 0.6) is 0 Å². The molecule has 3 N–H and O–H groups in total. The highest BCUT2D eigenvalue weighted by Crippen LogP contribution is 1.88. The van der Waals surface area contributed by atoms with E-state index in [4.69, 9.17) is 0 Å². The minimum atomic E-state index is -0.743. The quantitative estimate of drug-likeness (QED) is 0.508. The molecule has 0 saturated carbocycles. The first kappa shape index (κ1) is 9.04. The van der Waals surface area contributed by atoms with Crippen molar-refractivity contribution in [3.05, 3.63) is 18.2 Å². The molecule has 0 aliphatic rings. The number of carbonyl (C=O) groups is 2. The van der Waals surface area contributed by atoms with E-state index < -0.39 is 12.0 Å². The molecule has 0 unspecified atom stereocenters. The van der Waals surface area contributed by atoms with E-state index in [-0.39, 0.29) is 5.69 Å². The Morgan fingerprint density at radius 1 is 1.54 bits per heavy atom. The van der Waals surface area contributed by atoms with Gasteiger partial charge < -0.3 is 9.72 Å². The van der Waals surface area contributed by atoms with Crippen LogP contribution in [-0.2, 0) is 4.74 Å². The highest BCUT2D eigenvalue weighted by atomic mass is 16.5. The van der Waals surface area contributed by atoms with E-state index in [1.807, 2.05) is 5.43 Å². The van der Waals surface area contributed by atoms with Gasteiger partial charge in [0.05, 0.1) is 19.6 Å². The third-order valence-electron chi connectivity index (χ3n) is 1.21. The lowest BCUT2D eigenvalue weighted by molar-refractivity contribution is 0.0916. The Morgan fingerprint density at radius 2 is 2.31 bits per heavy atom. The van der Waals surface area contributed by atoms with Crippen LogP contribution in [0.15, 0.2) is 12.5 Å². The Labute approximate surface area is 73.5 Å². The summed E-state index contributed by atoms with van der Waals surface area (Å²) >= 11 is 0. The largest absolute Gasteiger partial charge is 0.452 e. The molecule has 1 rings (SSSR count). The second-order valence-electron chi connectivity index (χ2n) is 2.04. The molecule has 2 amide bonds. The van der Waals surface area contributed by atoms with Crippen LogP contribution in [0.4, 0.5) is 4.79 Å². The van der Waals surface area contributed by atoms with Crippen molar-refractivity contribution in [2.75, 3.05) is 7.11 Å². The zero-order chi connectivity index (χ0) is 9.68. The Kier molecular flexibility index (Phi) is 2.85. The van der Waals surface area contributed by atoms with Gasteiger partial charge in [-0.15, -0.1) is 0 Å². The van der Waals surface area contributed by atoms with E-state index in [0.717, 1.165) is 0 Å². The lowest BCUT2D eigenvalue weighted by Gasteiger charge is -2.03. The summed E-state index contributed by atoms with van der Waals surface area (Å²) in [5.74, 6) is -0.497. The van der Waals surface area contributed by atoms with E-state index in [2.05, 4.69) is 20.1 Å². The number of nitrogens with zero attached hydrogens (tertiary/aromatic N) is 1. The number of ether oxygens (including phenoxy) is 1. The monoisotopic (exact) mass is 184 g/mol. The molecule has 1 heterocycles. The molecule has 7 heteroatoms. The van der Waals surface area contributed by atoms with E-state index in [9.17, 15) is 9.59 Å². The Hall–Kier alpha value is -2.05. The van der Waals surface area contributed by atoms with Crippen molar-refractivity contribution in [3.8, 4) is 0 Å². The minimum Gasteiger partial charge on any atom is -0.452 e. The van der Waals surface area contributed by atoms with Crippen molar-refractivity contribution in [2.24, 2.45) is 0 Å². The maximum absolute atomic E-state index is 11.1. The van der Waals surface area contributed by atoms with Gasteiger partial charge >= 0.3 is 6.09 Å². The predicted octanol–water partition coefficient (Wildman–Crippen LogP) is -0.590. The van der Waals surface area contributed by atoms with Crippen molar-refractivity contribution in [1.29, 1.82) is 0 Å². The fourth-order valence-corrected chi connectivity index (χ4v) is 0.606. The molecule has 7 nitrogen and oxygen atoms in total. The fourth-order valence-electron chi connectivity index (χ4n) is 0.606. The van der Waals surface area contributed by atoms with Crippen LogP contribution in [0.25, 0.3) is 0 Å². The third kappa shape index (κ3) is 2.47. The van der Waals surface area contributed by atoms with Gasteiger partial charge in [-0.25, -0.2) is 15.2 Å². The maximum atomic E-state index is 11.1. The van der Waals surface area contributed by atoms with Gasteiger partial charge in [0.2, 0.25) is 0 Å². The number of imidazole rings is 1. The zero-order valence-corrected chi connectivity index (χ0v) is 6.83. The molecule has 1 aromatic rings. The lowest BCUT2D eigenvalue weighted by Crippen LogP contribution is -2.41. The number of aromatic amines is 1. The Morgan fingerprint density at radius 3 is 2.85 bits per heavy atom. The second kappa shape index (κ2) is 4.10. The molecule has 0 bridgehead atoms. The number of aromatic nitrogens is 2. The Balaban J connectivity index is 2.39. The van der Waals surface area contributed by atoms with E-state index in [1.165, 1.54) is 19.6 Å². The van der Waals surface area contributed by atoms with Crippen LogP contribution in [-0.4, -0.2) is 29.1 Å². The van der Waals surface area contributed by atoms with Gasteiger partial charge in [-0.1, -0.05) is 0 Å². The van der Waals surface area contributed by atoms with Crippen molar-refractivity contribution < 1.29 is 14.3 Å². The van der Waals surface area contributed by atoms with Gasteiger partial charge in [0.1, 0.15) is 5.69 Å². The van der Waals surface area contributed by atoms with Gasteiger partial charge in [0.25, 0.3) is 5.91 Å². The fraction of sp³-hybridized carbons (Fsp3) is 0.167. The van der Waals surface area contributed by atoms with Crippen molar-refractivity contribution in [1.82, 2.24) is 20.8 Å². The number of carbonyl (C=O) groups excluding carboxylic acids is 2. The zero-order valence-electron chi connectivity index (χ0n) is 6.83. The summed E-state index contributed by atoms with van der Waals surface area (Å²) < 4.78 is 4.23. The van der Waals surface area contributed by atoms with Gasteiger partial charge in [-0.05, 0) is 0 Å². The van der Waals surface area contributed by atoms with Crippen LogP contribution in [0.3, 0.4) is 0 Å². The van der Waals surface area contributed by atoms with Crippen molar-refractivity contribution >= 4 is 12.0 Å². The summed E-state index contributed by atoms with van der Waals surface area (Å²) in [6, 6.07) is 0. The number of nitrogens with one attached hydrogen (secondary N) is 3. The SMILES string of the molecule is COC(=O)NNC(=O)c1cnc[nH]1. The van der Waals surface area contributed by atoms with Crippen LogP contribution in [0, 0.1) is 0 Å². The Bertz CT molecular complexity index is 295. The van der Waals surface area contributed by atoms with Gasteiger partial charge in [0, 0.05) is 0 Å². The summed E-state index contributed by atoms with van der Waals surface area (Å²) in [7, 11) is 1.19. The molecular formula is C6H8N4O3. The smallest absolute Gasteiger partial charge is 0.425 e. The van der Waals surface area contributed by atoms with Crippen LogP contribution in [0.2, 0.25) is 0 Å². The average Bonchev–Trinajstić information content (AvgIpc) is 2.66. The molecule has 70 valence electrons. The molecule has 0 aliphatic carbocycles. The minimum absolute atomic E-state index is 0.247. The average molecular weight is 184 g/mol. The molecule has 0 aromatic carbocycles. The van der Waals surface area contributed by atoms with Crippen molar-refractivity contribution in [2.45, 2.75) is 0 Å². The summed E-state index contributed by atoms with van der Waals surface area (Å²) in [5.41, 5.74) is 4.36. The molecule has 0 aliphatic heterocycles. The molecular weight excluding hydrogens is 176 g/mol. The summed E-state index contributed by atoms with van der Waals surface area (Å²) in [6.07, 6.45) is 1.94. The highest BCUT2D eigenvalue weighted by Gasteiger charge is 2.06. The van der Waals surface area contributed by atoms with Crippen LogP contribution < -0.4 is 10.9 Å². The molecule has 0 fully saturated rings. The summed E-state index contributed by atoms with van der Waals surface area (Å²) in [6.45, 7) is 0. The molecule has 0 atom stereocenters. The van der Waals surface area contributed by atoms with Gasteiger partial charge in [-0.3, -0.25) is 10.2 Å². The molecule has 0 radical (unpaired) electrons. The predicted molar refractivity (Wildman–Crippen MR) is 41.6 cm³/mol. The normalized spacial score (nSPS) is 9.00. The van der Waals surface area contributed by atoms with E-state index in [1.54, 1.807) is 0 Å². The van der Waals surface area contributed by atoms with E-state index >= 15 is 0 Å². The van der Waals surface area contributed by atoms with E-state index in [0.29, 0.717) is 0 Å². The number of hydrogen-bond acceptors (Lipinski definition) is 4. The number of methoxy groups -OCH3 is 1. The number of rotatable bonds is 1. The lowest BCUT2D eigenvalue weighted by atomic mass is 10.5. The van der Waals surface area contributed by atoms with Gasteiger partial charge in [-0.2, -0.15) is 0 Å². The first-order valence-corrected chi connectivity index (χ1v) is 3.36. The van der Waals surface area contributed by atoms with Crippen LogP contribution in [0.1, 0.15) is 10.5 Å². The first-order chi connectivity index (χ1) is 6.24. The molecule has 0 saturated heterocycles. The van der Waals surface area contributed by atoms with Gasteiger partial charge in [0.15, 0.2) is 0 Å². The highest BCUT2D eigenvalue weighted by molar-refractivity contribution is 5.92.